The molecule has 0 saturated carbocycles. The van der Waals surface area contributed by atoms with Crippen molar-refractivity contribution in [3.05, 3.63) is 33.8 Å². The summed E-state index contributed by atoms with van der Waals surface area (Å²) in [5.74, 6) is 0. The van der Waals surface area contributed by atoms with Crippen molar-refractivity contribution in [2.45, 2.75) is 27.3 Å². The molecule has 0 radical (unpaired) electrons. The second-order valence-corrected chi connectivity index (χ2v) is 6.01. The lowest BCUT2D eigenvalue weighted by Crippen LogP contribution is -2.18. The number of methoxy groups -OCH3 is 1. The molecule has 108 valence electrons. The zero-order chi connectivity index (χ0) is 14.5. The van der Waals surface area contributed by atoms with Crippen molar-refractivity contribution in [2.24, 2.45) is 0 Å². The molecule has 0 aliphatic heterocycles. The van der Waals surface area contributed by atoms with Crippen LogP contribution >= 0.6 is 11.3 Å². The lowest BCUT2D eigenvalue weighted by molar-refractivity contribution is 0.199. The first kappa shape index (κ1) is 15.1. The normalized spacial score (nSPS) is 11.0. The van der Waals surface area contributed by atoms with Gasteiger partial charge in [0.2, 0.25) is 0 Å². The smallest absolute Gasteiger partial charge is 0.148 e. The number of ether oxygens (including phenoxy) is 1. The molecule has 20 heavy (non-hydrogen) atoms. The summed E-state index contributed by atoms with van der Waals surface area (Å²) >= 11 is 1.65. The van der Waals surface area contributed by atoms with Gasteiger partial charge in [0, 0.05) is 25.8 Å². The molecule has 0 saturated heterocycles. The van der Waals surface area contributed by atoms with Gasteiger partial charge in [-0.05, 0) is 31.9 Å². The minimum absolute atomic E-state index is 0.710. The first-order chi connectivity index (χ1) is 9.61. The van der Waals surface area contributed by atoms with Crippen molar-refractivity contribution in [3.8, 4) is 10.6 Å². The van der Waals surface area contributed by atoms with E-state index in [9.17, 15) is 0 Å². The molecule has 0 atom stereocenters. The standard InChI is InChI=1S/C15H21N3OS/c1-10-7-11(2)14(12(3)8-10)15-18-17-13(20-15)9-16-5-6-19-4/h7-8,16H,5-6,9H2,1-4H3. The zero-order valence-electron chi connectivity index (χ0n) is 12.5. The van der Waals surface area contributed by atoms with E-state index in [1.807, 2.05) is 0 Å². The SMILES string of the molecule is COCCNCc1nnc(-c2c(C)cc(C)cc2C)s1. The molecular formula is C15H21N3OS. The Morgan fingerprint density at radius 2 is 1.85 bits per heavy atom. The van der Waals surface area contributed by atoms with Crippen LogP contribution in [-0.2, 0) is 11.3 Å². The average Bonchev–Trinajstić information content (AvgIpc) is 2.82. The van der Waals surface area contributed by atoms with Crippen molar-refractivity contribution in [2.75, 3.05) is 20.3 Å². The molecule has 1 aromatic heterocycles. The third kappa shape index (κ3) is 3.62. The molecule has 0 unspecified atom stereocenters. The van der Waals surface area contributed by atoms with E-state index in [-0.39, 0.29) is 0 Å². The zero-order valence-corrected chi connectivity index (χ0v) is 13.3. The Morgan fingerprint density at radius 1 is 1.15 bits per heavy atom. The number of benzene rings is 1. The minimum Gasteiger partial charge on any atom is -0.383 e. The van der Waals surface area contributed by atoms with Crippen molar-refractivity contribution >= 4 is 11.3 Å². The Morgan fingerprint density at radius 3 is 2.50 bits per heavy atom. The highest BCUT2D eigenvalue weighted by molar-refractivity contribution is 7.14. The summed E-state index contributed by atoms with van der Waals surface area (Å²) in [6, 6.07) is 4.39. The van der Waals surface area contributed by atoms with E-state index in [1.165, 1.54) is 22.3 Å². The van der Waals surface area contributed by atoms with E-state index < -0.39 is 0 Å². The molecule has 5 heteroatoms. The van der Waals surface area contributed by atoms with Crippen molar-refractivity contribution in [1.82, 2.24) is 15.5 Å². The van der Waals surface area contributed by atoms with E-state index in [2.05, 4.69) is 48.4 Å². The van der Waals surface area contributed by atoms with Gasteiger partial charge in [0.1, 0.15) is 10.0 Å². The van der Waals surface area contributed by atoms with Crippen molar-refractivity contribution in [1.29, 1.82) is 0 Å². The Hall–Kier alpha value is -1.30. The Bertz CT molecular complexity index is 557. The molecule has 0 aliphatic rings. The van der Waals surface area contributed by atoms with Crippen LogP contribution in [0.15, 0.2) is 12.1 Å². The molecule has 1 heterocycles. The van der Waals surface area contributed by atoms with Gasteiger partial charge in [-0.2, -0.15) is 0 Å². The van der Waals surface area contributed by atoms with Gasteiger partial charge >= 0.3 is 0 Å². The molecule has 0 bridgehead atoms. The highest BCUT2D eigenvalue weighted by Crippen LogP contribution is 2.30. The number of nitrogens with one attached hydrogen (secondary N) is 1. The van der Waals surface area contributed by atoms with Gasteiger partial charge in [-0.25, -0.2) is 0 Å². The molecule has 2 rings (SSSR count). The Kier molecular flexibility index (Phi) is 5.23. The molecule has 0 amide bonds. The van der Waals surface area contributed by atoms with Crippen LogP contribution in [0.25, 0.3) is 10.6 Å². The first-order valence-electron chi connectivity index (χ1n) is 6.72. The third-order valence-corrected chi connectivity index (χ3v) is 4.06. The van der Waals surface area contributed by atoms with Gasteiger partial charge in [-0.15, -0.1) is 10.2 Å². The van der Waals surface area contributed by atoms with Gasteiger partial charge in [0.25, 0.3) is 0 Å². The molecule has 1 aromatic carbocycles. The molecule has 0 aliphatic carbocycles. The molecule has 0 fully saturated rings. The highest BCUT2D eigenvalue weighted by atomic mass is 32.1. The number of rotatable bonds is 6. The quantitative estimate of drug-likeness (QED) is 0.831. The van der Waals surface area contributed by atoms with Crippen LogP contribution < -0.4 is 5.32 Å². The van der Waals surface area contributed by atoms with Crippen LogP contribution in [0.2, 0.25) is 0 Å². The minimum atomic E-state index is 0.710. The predicted molar refractivity (Wildman–Crippen MR) is 83.1 cm³/mol. The molecular weight excluding hydrogens is 270 g/mol. The molecule has 0 spiro atoms. The van der Waals surface area contributed by atoms with Gasteiger partial charge in [-0.1, -0.05) is 29.0 Å². The summed E-state index contributed by atoms with van der Waals surface area (Å²) in [4.78, 5) is 0. The molecule has 1 N–H and O–H groups in total. The van der Waals surface area contributed by atoms with E-state index in [0.717, 1.165) is 23.1 Å². The molecule has 2 aromatic rings. The van der Waals surface area contributed by atoms with Gasteiger partial charge in [0.05, 0.1) is 6.61 Å². The predicted octanol–water partition coefficient (Wildman–Crippen LogP) is 2.87. The van der Waals surface area contributed by atoms with Crippen molar-refractivity contribution < 1.29 is 4.74 Å². The fourth-order valence-electron chi connectivity index (χ4n) is 2.31. The summed E-state index contributed by atoms with van der Waals surface area (Å²) in [6.45, 7) is 8.66. The van der Waals surface area contributed by atoms with Gasteiger partial charge < -0.3 is 10.1 Å². The van der Waals surface area contributed by atoms with Crippen LogP contribution in [0.4, 0.5) is 0 Å². The number of nitrogens with zero attached hydrogens (tertiary/aromatic N) is 2. The van der Waals surface area contributed by atoms with Crippen LogP contribution in [0.5, 0.6) is 0 Å². The summed E-state index contributed by atoms with van der Waals surface area (Å²) in [7, 11) is 1.70. The second-order valence-electron chi connectivity index (χ2n) is 4.94. The lowest BCUT2D eigenvalue weighted by Gasteiger charge is -2.07. The lowest BCUT2D eigenvalue weighted by atomic mass is 10.0. The molecule has 4 nitrogen and oxygen atoms in total. The summed E-state index contributed by atoms with van der Waals surface area (Å²) < 4.78 is 5.00. The van der Waals surface area contributed by atoms with Crippen LogP contribution in [0.1, 0.15) is 21.7 Å². The number of hydrogen-bond acceptors (Lipinski definition) is 5. The van der Waals surface area contributed by atoms with Crippen LogP contribution in [0, 0.1) is 20.8 Å². The fraction of sp³-hybridized carbons (Fsp3) is 0.467. The summed E-state index contributed by atoms with van der Waals surface area (Å²) in [5, 5.41) is 13.9. The van der Waals surface area contributed by atoms with E-state index in [4.69, 9.17) is 4.74 Å². The number of aryl methyl sites for hydroxylation is 3. The van der Waals surface area contributed by atoms with E-state index in [0.29, 0.717) is 6.61 Å². The van der Waals surface area contributed by atoms with E-state index in [1.54, 1.807) is 18.4 Å². The average molecular weight is 291 g/mol. The highest BCUT2D eigenvalue weighted by Gasteiger charge is 2.12. The van der Waals surface area contributed by atoms with Crippen LogP contribution in [0.3, 0.4) is 0 Å². The largest absolute Gasteiger partial charge is 0.383 e. The maximum absolute atomic E-state index is 5.00. The number of hydrogen-bond donors (Lipinski definition) is 1. The third-order valence-electron chi connectivity index (χ3n) is 3.12. The van der Waals surface area contributed by atoms with Gasteiger partial charge in [-0.3, -0.25) is 0 Å². The summed E-state index contributed by atoms with van der Waals surface area (Å²) in [5.41, 5.74) is 5.03. The Balaban J connectivity index is 2.13. The van der Waals surface area contributed by atoms with Crippen LogP contribution in [-0.4, -0.2) is 30.5 Å². The Labute approximate surface area is 124 Å². The maximum atomic E-state index is 5.00. The van der Waals surface area contributed by atoms with Gasteiger partial charge in [0.15, 0.2) is 0 Å². The van der Waals surface area contributed by atoms with E-state index >= 15 is 0 Å². The maximum Gasteiger partial charge on any atom is 0.148 e. The topological polar surface area (TPSA) is 47.0 Å². The monoisotopic (exact) mass is 291 g/mol. The second kappa shape index (κ2) is 6.92. The summed E-state index contributed by atoms with van der Waals surface area (Å²) in [6.07, 6.45) is 0. The fourth-order valence-corrected chi connectivity index (χ4v) is 3.30. The first-order valence-corrected chi connectivity index (χ1v) is 7.53. The number of aromatic nitrogens is 2. The van der Waals surface area contributed by atoms with Crippen molar-refractivity contribution in [3.63, 3.8) is 0 Å².